The lowest BCUT2D eigenvalue weighted by Gasteiger charge is -2.04. The van der Waals surface area contributed by atoms with E-state index in [2.05, 4.69) is 17.1 Å². The maximum absolute atomic E-state index is 9.39. The van der Waals surface area contributed by atoms with Gasteiger partial charge in [0.05, 0.1) is 11.4 Å². The van der Waals surface area contributed by atoms with E-state index in [1.807, 2.05) is 24.3 Å². The summed E-state index contributed by atoms with van der Waals surface area (Å²) < 4.78 is 0. The highest BCUT2D eigenvalue weighted by molar-refractivity contribution is 5.74. The minimum absolute atomic E-state index is 0.242. The quantitative estimate of drug-likeness (QED) is 0.685. The maximum atomic E-state index is 9.39. The van der Waals surface area contributed by atoms with Gasteiger partial charge in [-0.15, -0.1) is 0 Å². The van der Waals surface area contributed by atoms with Crippen LogP contribution in [0.1, 0.15) is 12.5 Å². The van der Waals surface area contributed by atoms with Crippen LogP contribution in [0.25, 0.3) is 22.5 Å². The third-order valence-corrected chi connectivity index (χ3v) is 3.52. The van der Waals surface area contributed by atoms with Crippen LogP contribution >= 0.6 is 0 Å². The van der Waals surface area contributed by atoms with Gasteiger partial charge < -0.3 is 10.2 Å². The zero-order chi connectivity index (χ0) is 14.8. The molecule has 0 radical (unpaired) electrons. The topological polar surface area (TPSA) is 69.1 Å². The van der Waals surface area contributed by atoms with Crippen molar-refractivity contribution < 1.29 is 10.2 Å². The van der Waals surface area contributed by atoms with E-state index >= 15 is 0 Å². The average molecular weight is 280 g/mol. The van der Waals surface area contributed by atoms with E-state index in [0.717, 1.165) is 34.5 Å². The van der Waals surface area contributed by atoms with Crippen LogP contribution in [-0.2, 0) is 6.42 Å². The fraction of sp³-hybridized carbons (Fsp3) is 0.118. The highest BCUT2D eigenvalue weighted by atomic mass is 16.3. The van der Waals surface area contributed by atoms with Crippen LogP contribution in [0.2, 0.25) is 0 Å². The highest BCUT2D eigenvalue weighted by Crippen LogP contribution is 2.31. The lowest BCUT2D eigenvalue weighted by Crippen LogP contribution is -1.87. The predicted octanol–water partition coefficient (Wildman–Crippen LogP) is 3.72. The van der Waals surface area contributed by atoms with Crippen molar-refractivity contribution in [3.05, 3.63) is 54.1 Å². The Morgan fingerprint density at radius 1 is 0.857 bits per heavy atom. The Bertz CT molecular complexity index is 680. The van der Waals surface area contributed by atoms with Gasteiger partial charge in [-0.05, 0) is 55.0 Å². The van der Waals surface area contributed by atoms with Crippen molar-refractivity contribution >= 4 is 0 Å². The molecule has 3 aromatic rings. The van der Waals surface area contributed by atoms with E-state index in [1.165, 1.54) is 0 Å². The van der Waals surface area contributed by atoms with Crippen LogP contribution in [0.15, 0.2) is 48.5 Å². The first-order valence-electron chi connectivity index (χ1n) is 6.85. The average Bonchev–Trinajstić information content (AvgIpc) is 2.92. The summed E-state index contributed by atoms with van der Waals surface area (Å²) >= 11 is 0. The monoisotopic (exact) mass is 280 g/mol. The molecule has 21 heavy (non-hydrogen) atoms. The third-order valence-electron chi connectivity index (χ3n) is 3.52. The molecule has 4 heteroatoms. The number of hydrogen-bond donors (Lipinski definition) is 3. The van der Waals surface area contributed by atoms with E-state index in [1.54, 1.807) is 24.3 Å². The molecule has 0 unspecified atom stereocenters. The summed E-state index contributed by atoms with van der Waals surface area (Å²) in [4.78, 5) is 0. The molecule has 0 saturated heterocycles. The summed E-state index contributed by atoms with van der Waals surface area (Å²) in [5.74, 6) is 0.487. The second-order valence-electron chi connectivity index (χ2n) is 4.87. The van der Waals surface area contributed by atoms with Crippen LogP contribution in [0.5, 0.6) is 11.5 Å². The first-order chi connectivity index (χ1) is 10.2. The number of nitrogens with zero attached hydrogens (tertiary/aromatic N) is 1. The molecule has 0 fully saturated rings. The Balaban J connectivity index is 2.08. The number of aromatic nitrogens is 2. The summed E-state index contributed by atoms with van der Waals surface area (Å²) in [7, 11) is 0. The molecule has 0 amide bonds. The van der Waals surface area contributed by atoms with E-state index in [9.17, 15) is 10.2 Å². The molecule has 0 spiro atoms. The fourth-order valence-corrected chi connectivity index (χ4v) is 2.43. The van der Waals surface area contributed by atoms with Crippen molar-refractivity contribution in [2.24, 2.45) is 0 Å². The Morgan fingerprint density at radius 3 is 1.90 bits per heavy atom. The van der Waals surface area contributed by atoms with Gasteiger partial charge in [0.25, 0.3) is 0 Å². The fourth-order valence-electron chi connectivity index (χ4n) is 2.43. The Kier molecular flexibility index (Phi) is 3.36. The van der Waals surface area contributed by atoms with Crippen LogP contribution in [0.4, 0.5) is 0 Å². The van der Waals surface area contributed by atoms with Gasteiger partial charge in [0.1, 0.15) is 11.5 Å². The largest absolute Gasteiger partial charge is 0.508 e. The number of H-pyrrole nitrogens is 1. The predicted molar refractivity (Wildman–Crippen MR) is 82.2 cm³/mol. The smallest absolute Gasteiger partial charge is 0.115 e. The van der Waals surface area contributed by atoms with Gasteiger partial charge in [-0.25, -0.2) is 0 Å². The molecule has 3 rings (SSSR count). The number of phenolic OH excluding ortho intramolecular Hbond substituents is 2. The molecule has 0 aliphatic rings. The lowest BCUT2D eigenvalue weighted by molar-refractivity contribution is 0.475. The van der Waals surface area contributed by atoms with Gasteiger partial charge in [0.2, 0.25) is 0 Å². The van der Waals surface area contributed by atoms with E-state index < -0.39 is 0 Å². The molecule has 1 aromatic heterocycles. The van der Waals surface area contributed by atoms with Crippen LogP contribution in [0.3, 0.4) is 0 Å². The Hall–Kier alpha value is -2.75. The van der Waals surface area contributed by atoms with Crippen molar-refractivity contribution in [1.29, 1.82) is 0 Å². The number of benzene rings is 2. The first-order valence-corrected chi connectivity index (χ1v) is 6.85. The number of aromatic hydroxyl groups is 2. The number of aromatic amines is 1. The lowest BCUT2D eigenvalue weighted by atomic mass is 10.00. The van der Waals surface area contributed by atoms with Gasteiger partial charge >= 0.3 is 0 Å². The van der Waals surface area contributed by atoms with E-state index in [0.29, 0.717) is 0 Å². The van der Waals surface area contributed by atoms with Crippen LogP contribution in [0, 0.1) is 0 Å². The van der Waals surface area contributed by atoms with Gasteiger partial charge in [-0.2, -0.15) is 5.10 Å². The van der Waals surface area contributed by atoms with Crippen molar-refractivity contribution in [1.82, 2.24) is 10.2 Å². The number of rotatable bonds is 3. The van der Waals surface area contributed by atoms with E-state index in [4.69, 9.17) is 0 Å². The molecule has 3 N–H and O–H groups in total. The normalized spacial score (nSPS) is 10.7. The molecule has 106 valence electrons. The molecular formula is C17H16N2O2. The molecule has 0 aliphatic heterocycles. The van der Waals surface area contributed by atoms with Gasteiger partial charge in [-0.1, -0.05) is 6.92 Å². The second kappa shape index (κ2) is 5.32. The molecule has 0 atom stereocenters. The minimum atomic E-state index is 0.242. The zero-order valence-corrected chi connectivity index (χ0v) is 11.7. The van der Waals surface area contributed by atoms with E-state index in [-0.39, 0.29) is 11.5 Å². The molecule has 0 saturated carbocycles. The maximum Gasteiger partial charge on any atom is 0.115 e. The summed E-state index contributed by atoms with van der Waals surface area (Å²) in [6.45, 7) is 2.08. The van der Waals surface area contributed by atoms with Gasteiger partial charge in [-0.3, -0.25) is 5.10 Å². The van der Waals surface area contributed by atoms with Crippen molar-refractivity contribution in [3.8, 4) is 34.0 Å². The molecule has 2 aromatic carbocycles. The van der Waals surface area contributed by atoms with Crippen LogP contribution < -0.4 is 0 Å². The van der Waals surface area contributed by atoms with Crippen molar-refractivity contribution in [2.45, 2.75) is 13.3 Å². The summed E-state index contributed by atoms with van der Waals surface area (Å²) in [6, 6.07) is 14.1. The molecular weight excluding hydrogens is 264 g/mol. The molecule has 0 bridgehead atoms. The molecule has 1 heterocycles. The van der Waals surface area contributed by atoms with Gasteiger partial charge in [0, 0.05) is 16.7 Å². The van der Waals surface area contributed by atoms with Crippen LogP contribution in [-0.4, -0.2) is 20.4 Å². The molecule has 4 nitrogen and oxygen atoms in total. The van der Waals surface area contributed by atoms with Crippen molar-refractivity contribution in [2.75, 3.05) is 0 Å². The SMILES string of the molecule is CCc1c(-c2ccc(O)cc2)n[nH]c1-c1ccc(O)cc1. The molecule has 0 aliphatic carbocycles. The number of hydrogen-bond acceptors (Lipinski definition) is 3. The second-order valence-corrected chi connectivity index (χ2v) is 4.87. The van der Waals surface area contributed by atoms with Gasteiger partial charge in [0.15, 0.2) is 0 Å². The first kappa shape index (κ1) is 13.2. The number of nitrogens with one attached hydrogen (secondary N) is 1. The zero-order valence-electron chi connectivity index (χ0n) is 11.7. The Morgan fingerprint density at radius 2 is 1.38 bits per heavy atom. The third kappa shape index (κ3) is 2.48. The summed E-state index contributed by atoms with van der Waals surface area (Å²) in [5.41, 5.74) is 4.92. The minimum Gasteiger partial charge on any atom is -0.508 e. The summed E-state index contributed by atoms with van der Waals surface area (Å²) in [5, 5.41) is 26.3. The highest BCUT2D eigenvalue weighted by Gasteiger charge is 2.14. The standard InChI is InChI=1S/C17H16N2O2/c1-2-15-16(11-3-7-13(20)8-4-11)18-19-17(15)12-5-9-14(21)10-6-12/h3-10,20-21H,2H2,1H3,(H,18,19). The Labute approximate surface area is 122 Å². The van der Waals surface area contributed by atoms with Crippen molar-refractivity contribution in [3.63, 3.8) is 0 Å². The number of phenols is 2. The summed E-state index contributed by atoms with van der Waals surface area (Å²) in [6.07, 6.45) is 0.836.